The molecule has 1 fully saturated rings. The number of hydrogen-bond acceptors (Lipinski definition) is 6. The molecule has 1 aromatic carbocycles. The zero-order valence-electron chi connectivity index (χ0n) is 13.5. The van der Waals surface area contributed by atoms with Crippen LogP contribution in [-0.2, 0) is 19.2 Å². The minimum absolute atomic E-state index is 0.0243. The lowest BCUT2D eigenvalue weighted by Crippen LogP contribution is -2.41. The number of rotatable bonds is 2. The van der Waals surface area contributed by atoms with E-state index in [1.165, 1.54) is 13.8 Å². The van der Waals surface area contributed by atoms with Crippen LogP contribution in [0.5, 0.6) is 0 Å². The van der Waals surface area contributed by atoms with Crippen molar-refractivity contribution < 1.29 is 24.3 Å². The van der Waals surface area contributed by atoms with Gasteiger partial charge in [0.2, 0.25) is 5.91 Å². The van der Waals surface area contributed by atoms with Crippen LogP contribution < -0.4 is 4.90 Å². The standard InChI is InChI=1S/C16H11BrN2O5S2/c1-6(15(23)24)18-14(22)12(26-16(18)25)11-9-5-8(17)3-4-10(9)19(7(2)20)13(11)21/h3-6H,1-2H3,(H,23,24). The number of aliphatic carboxylic acids is 1. The Balaban J connectivity index is 2.20. The van der Waals surface area contributed by atoms with Gasteiger partial charge in [-0.3, -0.25) is 19.3 Å². The Labute approximate surface area is 166 Å². The molecule has 0 aliphatic carbocycles. The van der Waals surface area contributed by atoms with Gasteiger partial charge in [0.25, 0.3) is 11.8 Å². The number of carboxylic acids is 1. The summed E-state index contributed by atoms with van der Waals surface area (Å²) in [6.45, 7) is 2.59. The van der Waals surface area contributed by atoms with Gasteiger partial charge in [-0.15, -0.1) is 0 Å². The molecule has 3 amide bonds. The molecule has 134 valence electrons. The zero-order valence-corrected chi connectivity index (χ0v) is 16.7. The van der Waals surface area contributed by atoms with Gasteiger partial charge < -0.3 is 5.11 Å². The maximum absolute atomic E-state index is 12.9. The van der Waals surface area contributed by atoms with Crippen LogP contribution in [0.3, 0.4) is 0 Å². The van der Waals surface area contributed by atoms with E-state index in [4.69, 9.17) is 12.2 Å². The van der Waals surface area contributed by atoms with Crippen LogP contribution in [0.25, 0.3) is 5.57 Å². The number of carbonyl (C=O) groups excluding carboxylic acids is 3. The Morgan fingerprint density at radius 2 is 1.92 bits per heavy atom. The third-order valence-electron chi connectivity index (χ3n) is 3.97. The van der Waals surface area contributed by atoms with E-state index in [2.05, 4.69) is 15.9 Å². The number of carbonyl (C=O) groups is 4. The number of thioether (sulfide) groups is 1. The molecular formula is C16H11BrN2O5S2. The summed E-state index contributed by atoms with van der Waals surface area (Å²) in [4.78, 5) is 50.8. The highest BCUT2D eigenvalue weighted by Gasteiger charge is 2.45. The van der Waals surface area contributed by atoms with Crippen LogP contribution in [0.15, 0.2) is 27.6 Å². The number of nitrogens with zero attached hydrogens (tertiary/aromatic N) is 2. The van der Waals surface area contributed by atoms with E-state index < -0.39 is 29.7 Å². The van der Waals surface area contributed by atoms with E-state index in [0.717, 1.165) is 21.6 Å². The molecule has 0 saturated carbocycles. The molecule has 0 bridgehead atoms. The smallest absolute Gasteiger partial charge is 0.326 e. The number of anilines is 1. The molecule has 0 spiro atoms. The highest BCUT2D eigenvalue weighted by molar-refractivity contribution is 9.10. The minimum Gasteiger partial charge on any atom is -0.480 e. The summed E-state index contributed by atoms with van der Waals surface area (Å²) >= 11 is 9.32. The predicted octanol–water partition coefficient (Wildman–Crippen LogP) is 2.39. The van der Waals surface area contributed by atoms with Crippen molar-refractivity contribution in [2.45, 2.75) is 19.9 Å². The summed E-state index contributed by atoms with van der Waals surface area (Å²) < 4.78 is 0.722. The van der Waals surface area contributed by atoms with Gasteiger partial charge in [-0.05, 0) is 25.1 Å². The average molecular weight is 455 g/mol. The Morgan fingerprint density at radius 3 is 2.50 bits per heavy atom. The van der Waals surface area contributed by atoms with Crippen LogP contribution in [0.1, 0.15) is 19.4 Å². The number of hydrogen-bond donors (Lipinski definition) is 1. The van der Waals surface area contributed by atoms with Crippen LogP contribution >= 0.6 is 39.9 Å². The number of benzene rings is 1. The largest absolute Gasteiger partial charge is 0.480 e. The number of amides is 3. The van der Waals surface area contributed by atoms with E-state index in [9.17, 15) is 24.3 Å². The number of imide groups is 1. The number of carboxylic acid groups (broad SMARTS) is 1. The van der Waals surface area contributed by atoms with Gasteiger partial charge in [0.15, 0.2) is 0 Å². The Morgan fingerprint density at radius 1 is 1.27 bits per heavy atom. The third kappa shape index (κ3) is 2.78. The summed E-state index contributed by atoms with van der Waals surface area (Å²) in [6.07, 6.45) is 0. The lowest BCUT2D eigenvalue weighted by Gasteiger charge is -2.18. The molecule has 7 nitrogen and oxygen atoms in total. The summed E-state index contributed by atoms with van der Waals surface area (Å²) in [5.74, 6) is -2.98. The third-order valence-corrected chi connectivity index (χ3v) is 5.87. The van der Waals surface area contributed by atoms with Crippen molar-refractivity contribution in [1.82, 2.24) is 4.90 Å². The molecule has 10 heteroatoms. The Hall–Kier alpha value is -2.04. The topological polar surface area (TPSA) is 95.0 Å². The molecule has 2 heterocycles. The first-order chi connectivity index (χ1) is 12.1. The fourth-order valence-corrected chi connectivity index (χ4v) is 4.60. The van der Waals surface area contributed by atoms with Gasteiger partial charge in [0, 0.05) is 17.0 Å². The predicted molar refractivity (Wildman–Crippen MR) is 103 cm³/mol. The summed E-state index contributed by atoms with van der Waals surface area (Å²) in [5.41, 5.74) is 0.842. The highest BCUT2D eigenvalue weighted by atomic mass is 79.9. The minimum atomic E-state index is -1.21. The van der Waals surface area contributed by atoms with E-state index in [0.29, 0.717) is 15.7 Å². The summed E-state index contributed by atoms with van der Waals surface area (Å²) in [6, 6.07) is 3.76. The molecule has 0 aromatic heterocycles. The molecule has 0 radical (unpaired) electrons. The van der Waals surface area contributed by atoms with Crippen molar-refractivity contribution in [3.63, 3.8) is 0 Å². The second-order valence-electron chi connectivity index (χ2n) is 5.58. The molecule has 1 saturated heterocycles. The second kappa shape index (κ2) is 6.60. The molecule has 1 N–H and O–H groups in total. The van der Waals surface area contributed by atoms with Crippen LogP contribution in [-0.4, -0.2) is 44.1 Å². The van der Waals surface area contributed by atoms with Crippen molar-refractivity contribution in [1.29, 1.82) is 0 Å². The average Bonchev–Trinajstić information content (AvgIpc) is 2.99. The van der Waals surface area contributed by atoms with Crippen molar-refractivity contribution in [3.05, 3.63) is 33.1 Å². The maximum Gasteiger partial charge on any atom is 0.326 e. The molecule has 1 unspecified atom stereocenters. The van der Waals surface area contributed by atoms with Crippen molar-refractivity contribution in [2.24, 2.45) is 0 Å². The number of fused-ring (bicyclic) bond motifs is 1. The van der Waals surface area contributed by atoms with E-state index in [1.807, 2.05) is 0 Å². The molecule has 1 aromatic rings. The highest BCUT2D eigenvalue weighted by Crippen LogP contribution is 2.45. The van der Waals surface area contributed by atoms with Crippen molar-refractivity contribution in [2.75, 3.05) is 4.90 Å². The maximum atomic E-state index is 12.9. The first-order valence-electron chi connectivity index (χ1n) is 7.32. The van der Waals surface area contributed by atoms with E-state index in [-0.39, 0.29) is 14.8 Å². The molecule has 26 heavy (non-hydrogen) atoms. The van der Waals surface area contributed by atoms with Gasteiger partial charge in [0.1, 0.15) is 10.4 Å². The van der Waals surface area contributed by atoms with E-state index in [1.54, 1.807) is 18.2 Å². The van der Waals surface area contributed by atoms with Gasteiger partial charge in [-0.1, -0.05) is 39.9 Å². The van der Waals surface area contributed by atoms with Gasteiger partial charge in [-0.2, -0.15) is 0 Å². The fourth-order valence-electron chi connectivity index (χ4n) is 2.75. The normalized spacial score (nSPS) is 20.7. The van der Waals surface area contributed by atoms with E-state index >= 15 is 0 Å². The SMILES string of the molecule is CC(=O)N1C(=O)C(=C2SC(=S)N(C(C)C(=O)O)C2=O)c2cc(Br)ccc21. The summed E-state index contributed by atoms with van der Waals surface area (Å²) in [5, 5.41) is 9.19. The van der Waals surface area contributed by atoms with Crippen LogP contribution in [0.2, 0.25) is 0 Å². The molecule has 3 rings (SSSR count). The zero-order chi connectivity index (χ0) is 19.3. The first-order valence-corrected chi connectivity index (χ1v) is 9.34. The van der Waals surface area contributed by atoms with Crippen molar-refractivity contribution in [3.8, 4) is 0 Å². The van der Waals surface area contributed by atoms with Crippen LogP contribution in [0.4, 0.5) is 5.69 Å². The molecular weight excluding hydrogens is 444 g/mol. The second-order valence-corrected chi connectivity index (χ2v) is 8.14. The quantitative estimate of drug-likeness (QED) is 0.541. The number of halogens is 1. The van der Waals surface area contributed by atoms with Gasteiger partial charge in [0.05, 0.1) is 16.2 Å². The molecule has 1 atom stereocenters. The molecule has 2 aliphatic rings. The van der Waals surface area contributed by atoms with Crippen LogP contribution in [0, 0.1) is 0 Å². The van der Waals surface area contributed by atoms with Gasteiger partial charge >= 0.3 is 5.97 Å². The first kappa shape index (κ1) is 18.7. The monoisotopic (exact) mass is 454 g/mol. The lowest BCUT2D eigenvalue weighted by molar-refractivity contribution is -0.144. The van der Waals surface area contributed by atoms with Crippen molar-refractivity contribution >= 4 is 79.2 Å². The Kier molecular flexibility index (Phi) is 4.76. The summed E-state index contributed by atoms with van der Waals surface area (Å²) in [7, 11) is 0. The fraction of sp³-hybridized carbons (Fsp3) is 0.188. The Bertz CT molecular complexity index is 943. The molecule has 2 aliphatic heterocycles. The number of thiocarbonyl (C=S) groups is 1. The lowest BCUT2D eigenvalue weighted by atomic mass is 10.1. The van der Waals surface area contributed by atoms with Gasteiger partial charge in [-0.25, -0.2) is 9.69 Å².